The molecule has 0 unspecified atom stereocenters. The zero-order valence-corrected chi connectivity index (χ0v) is 24.6. The fourth-order valence-electron chi connectivity index (χ4n) is 3.65. The number of halogens is 2. The van der Waals surface area contributed by atoms with Crippen LogP contribution in [0.5, 0.6) is 11.5 Å². The smallest absolute Gasteiger partial charge is 0.870 e. The molecule has 0 atom stereocenters. The van der Waals surface area contributed by atoms with Crippen LogP contribution in [0.15, 0.2) is 75.8 Å². The van der Waals surface area contributed by atoms with E-state index in [0.29, 0.717) is 21.5 Å². The molecule has 2 N–H and O–H groups in total. The number of methoxy groups -OCH3 is 1. The predicted molar refractivity (Wildman–Crippen MR) is 140 cm³/mol. The maximum absolute atomic E-state index is 13.4. The molecule has 38 heavy (non-hydrogen) atoms. The Bertz CT molecular complexity index is 1700. The quantitative estimate of drug-likeness (QED) is 0.203. The first-order chi connectivity index (χ1) is 17.5. The van der Waals surface area contributed by atoms with E-state index in [1.165, 1.54) is 32.2 Å². The second kappa shape index (κ2) is 12.0. The number of benzene rings is 4. The van der Waals surface area contributed by atoms with Crippen molar-refractivity contribution < 1.29 is 57.2 Å². The van der Waals surface area contributed by atoms with Crippen LogP contribution in [0, 0.1) is 6.92 Å². The van der Waals surface area contributed by atoms with Gasteiger partial charge in [-0.15, -0.1) is 5.11 Å². The molecule has 0 aliphatic heterocycles. The maximum atomic E-state index is 13.4. The molecule has 0 spiro atoms. The number of ether oxygens (including phenoxy) is 1. The van der Waals surface area contributed by atoms with E-state index in [1.54, 1.807) is 36.4 Å². The SMILES string of the molecule is COc1ccc(Cl)cc1NC(=O)c1cc2ccccc2c(N=Nc2cc(S(=O)(=O)O)c(C)cc2Cl)c1[O-].[Na+]. The van der Waals surface area contributed by atoms with Crippen LogP contribution in [0.3, 0.4) is 0 Å². The molecule has 0 aliphatic rings. The average molecular weight is 582 g/mol. The molecule has 0 aromatic heterocycles. The molecule has 4 aromatic rings. The van der Waals surface area contributed by atoms with Gasteiger partial charge in [0.15, 0.2) is 0 Å². The van der Waals surface area contributed by atoms with Gasteiger partial charge in [-0.25, -0.2) is 0 Å². The Morgan fingerprint density at radius 2 is 1.76 bits per heavy atom. The molecule has 9 nitrogen and oxygen atoms in total. The van der Waals surface area contributed by atoms with Crippen LogP contribution in [0.1, 0.15) is 15.9 Å². The van der Waals surface area contributed by atoms with E-state index in [4.69, 9.17) is 27.9 Å². The minimum atomic E-state index is -4.55. The number of rotatable bonds is 6. The summed E-state index contributed by atoms with van der Waals surface area (Å²) in [5.74, 6) is -1.11. The monoisotopic (exact) mass is 581 g/mol. The average Bonchev–Trinajstić information content (AvgIpc) is 2.83. The van der Waals surface area contributed by atoms with Gasteiger partial charge in [-0.2, -0.15) is 13.5 Å². The molecule has 4 rings (SSSR count). The summed E-state index contributed by atoms with van der Waals surface area (Å²) in [6.07, 6.45) is 0. The Kier molecular flexibility index (Phi) is 9.43. The zero-order valence-electron chi connectivity index (χ0n) is 20.3. The van der Waals surface area contributed by atoms with E-state index in [2.05, 4.69) is 15.5 Å². The first kappa shape index (κ1) is 29.9. The van der Waals surface area contributed by atoms with Crippen molar-refractivity contribution in [2.75, 3.05) is 12.4 Å². The standard InChI is InChI=1S/C25H19Cl2N3O6S.Na/c1-13-9-18(27)19(12-22(13)37(33,34)35)29-30-23-16-6-4-3-5-14(16)10-17(24(23)31)25(32)28-20-11-15(26)7-8-21(20)36-2;/h3-12,31H,1-2H3,(H,28,32)(H,33,34,35);/q;+1/p-1. The van der Waals surface area contributed by atoms with Crippen molar-refractivity contribution in [3.63, 3.8) is 0 Å². The molecule has 13 heteroatoms. The fourth-order valence-corrected chi connectivity index (χ4v) is 4.80. The Balaban J connectivity index is 0.00000400. The van der Waals surface area contributed by atoms with Crippen molar-refractivity contribution in [2.45, 2.75) is 11.8 Å². The number of aryl methyl sites for hydroxylation is 1. The zero-order chi connectivity index (χ0) is 26.9. The van der Waals surface area contributed by atoms with Crippen molar-refractivity contribution in [1.82, 2.24) is 0 Å². The topological polar surface area (TPSA) is 140 Å². The number of anilines is 1. The summed E-state index contributed by atoms with van der Waals surface area (Å²) in [7, 11) is -3.12. The summed E-state index contributed by atoms with van der Waals surface area (Å²) >= 11 is 12.2. The van der Waals surface area contributed by atoms with Gasteiger partial charge in [0.1, 0.15) is 11.4 Å². The van der Waals surface area contributed by atoms with Crippen molar-refractivity contribution in [2.24, 2.45) is 10.2 Å². The van der Waals surface area contributed by atoms with Crippen LogP contribution in [0.25, 0.3) is 10.8 Å². The molecule has 1 amide bonds. The van der Waals surface area contributed by atoms with E-state index >= 15 is 0 Å². The Morgan fingerprint density at radius 1 is 1.05 bits per heavy atom. The van der Waals surface area contributed by atoms with Crippen molar-refractivity contribution in [1.29, 1.82) is 0 Å². The van der Waals surface area contributed by atoms with Gasteiger partial charge in [-0.3, -0.25) is 9.35 Å². The molecule has 190 valence electrons. The Hall–Kier alpha value is -2.70. The van der Waals surface area contributed by atoms with E-state index in [-0.39, 0.29) is 62.8 Å². The summed E-state index contributed by atoms with van der Waals surface area (Å²) in [6, 6.07) is 15.2. The summed E-state index contributed by atoms with van der Waals surface area (Å²) in [6.45, 7) is 1.45. The van der Waals surface area contributed by atoms with E-state index in [0.717, 1.165) is 6.07 Å². The van der Waals surface area contributed by atoms with Crippen LogP contribution in [-0.2, 0) is 10.1 Å². The number of azo groups is 1. The van der Waals surface area contributed by atoms with Crippen LogP contribution in [-0.4, -0.2) is 26.0 Å². The molecule has 0 radical (unpaired) electrons. The molecule has 4 aromatic carbocycles. The molecule has 0 saturated heterocycles. The third-order valence-corrected chi connectivity index (χ3v) is 6.94. The number of nitrogens with one attached hydrogen (secondary N) is 1. The number of fused-ring (bicyclic) bond motifs is 1. The summed E-state index contributed by atoms with van der Waals surface area (Å²) < 4.78 is 38.1. The number of carbonyl (C=O) groups excluding carboxylic acids is 1. The van der Waals surface area contributed by atoms with Crippen molar-refractivity contribution >= 4 is 67.1 Å². The Morgan fingerprint density at radius 3 is 2.45 bits per heavy atom. The minimum Gasteiger partial charge on any atom is -0.870 e. The van der Waals surface area contributed by atoms with Gasteiger partial charge < -0.3 is 15.2 Å². The van der Waals surface area contributed by atoms with Gasteiger partial charge in [0, 0.05) is 16.0 Å². The first-order valence-corrected chi connectivity index (χ1v) is 12.8. The van der Waals surface area contributed by atoms with Crippen molar-refractivity contribution in [3.05, 3.63) is 81.8 Å². The maximum Gasteiger partial charge on any atom is 1.00 e. The molecule has 0 bridgehead atoms. The van der Waals surface area contributed by atoms with Gasteiger partial charge in [-0.1, -0.05) is 53.2 Å². The fraction of sp³-hybridized carbons (Fsp3) is 0.0800. The van der Waals surface area contributed by atoms with Crippen LogP contribution in [0.2, 0.25) is 10.0 Å². The number of amides is 1. The predicted octanol–water partition coefficient (Wildman–Crippen LogP) is 3.46. The van der Waals surface area contributed by atoms with Crippen molar-refractivity contribution in [3.8, 4) is 11.5 Å². The third-order valence-electron chi connectivity index (χ3n) is 5.41. The first-order valence-electron chi connectivity index (χ1n) is 10.6. The van der Waals surface area contributed by atoms with E-state index in [1.807, 2.05) is 0 Å². The normalized spacial score (nSPS) is 11.4. The van der Waals surface area contributed by atoms with Crippen LogP contribution < -0.4 is 44.7 Å². The van der Waals surface area contributed by atoms with Gasteiger partial charge >= 0.3 is 29.6 Å². The van der Waals surface area contributed by atoms with Gasteiger partial charge in [-0.05, 0) is 54.3 Å². The molecular weight excluding hydrogens is 564 g/mol. The van der Waals surface area contributed by atoms with Gasteiger partial charge in [0.05, 0.1) is 28.4 Å². The molecule has 0 saturated carbocycles. The second-order valence-electron chi connectivity index (χ2n) is 7.87. The number of hydrogen-bond acceptors (Lipinski definition) is 7. The number of nitrogens with zero attached hydrogens (tertiary/aromatic N) is 2. The van der Waals surface area contributed by atoms with Gasteiger partial charge in [0.2, 0.25) is 0 Å². The number of hydrogen-bond donors (Lipinski definition) is 2. The van der Waals surface area contributed by atoms with E-state index in [9.17, 15) is 22.9 Å². The van der Waals surface area contributed by atoms with Gasteiger partial charge in [0.25, 0.3) is 16.0 Å². The summed E-state index contributed by atoms with van der Waals surface area (Å²) in [5.41, 5.74) is -0.00649. The Labute approximate surface area is 250 Å². The van der Waals surface area contributed by atoms with E-state index < -0.39 is 26.7 Å². The van der Waals surface area contributed by atoms with Crippen LogP contribution in [0.4, 0.5) is 17.1 Å². The molecule has 0 aliphatic carbocycles. The number of carbonyl (C=O) groups is 1. The van der Waals surface area contributed by atoms with Crippen LogP contribution >= 0.6 is 23.2 Å². The second-order valence-corrected chi connectivity index (χ2v) is 10.1. The largest absolute Gasteiger partial charge is 1.00 e. The minimum absolute atomic E-state index is 0. The molecular formula is C25H18Cl2N3NaO6S. The summed E-state index contributed by atoms with van der Waals surface area (Å²) in [4.78, 5) is 12.7. The third kappa shape index (κ3) is 6.29. The molecule has 0 heterocycles. The molecule has 0 fully saturated rings. The summed E-state index contributed by atoms with van der Waals surface area (Å²) in [5, 5.41) is 25.4.